The number of ether oxygens (including phenoxy) is 2. The van der Waals surface area contributed by atoms with Crippen molar-refractivity contribution < 1.29 is 27.8 Å². The first-order chi connectivity index (χ1) is 20.0. The van der Waals surface area contributed by atoms with Crippen LogP contribution in [0.25, 0.3) is 0 Å². The van der Waals surface area contributed by atoms with E-state index in [2.05, 4.69) is 21.8 Å². The Labute approximate surface area is 253 Å². The number of benzene rings is 2. The molecule has 0 unspecified atom stereocenters. The number of sulfonamides is 1. The number of carbonyl (C=O) groups excluding carboxylic acids is 1. The summed E-state index contributed by atoms with van der Waals surface area (Å²) >= 11 is 6.38. The third-order valence-electron chi connectivity index (χ3n) is 9.88. The number of allylic oxidation sites excluding steroid dienone is 1. The highest BCUT2D eigenvalue weighted by atomic mass is 35.5. The third kappa shape index (κ3) is 5.23. The van der Waals surface area contributed by atoms with E-state index >= 15 is 0 Å². The van der Waals surface area contributed by atoms with Crippen molar-refractivity contribution in [3.05, 3.63) is 70.3 Å². The molecule has 2 bridgehead atoms. The first-order valence-corrected chi connectivity index (χ1v) is 16.6. The number of methoxy groups -OCH3 is 1. The summed E-state index contributed by atoms with van der Waals surface area (Å²) in [7, 11) is -2.71. The summed E-state index contributed by atoms with van der Waals surface area (Å²) in [5, 5.41) is 11.9. The maximum atomic E-state index is 13.5. The molecule has 6 rings (SSSR count). The smallest absolute Gasteiger partial charge is 0.264 e. The van der Waals surface area contributed by atoms with Gasteiger partial charge in [-0.25, -0.2) is 13.1 Å². The van der Waals surface area contributed by atoms with Crippen molar-refractivity contribution >= 4 is 33.2 Å². The number of aliphatic hydroxyl groups is 1. The van der Waals surface area contributed by atoms with Crippen molar-refractivity contribution in [2.75, 3.05) is 38.3 Å². The molecule has 1 amide bonds. The summed E-state index contributed by atoms with van der Waals surface area (Å²) in [5.41, 5.74) is 3.23. The standard InChI is InChI=1S/C32H39ClN2O6S/c1-31(19-40-2)13-4-6-28(36)25-10-7-23(25)17-35-18-32(14-3-5-21-15-24(33)9-11-26(21)32)20-41-29-12-8-22(16-27(29)35)30(37)34-42(31,38)39/h4,6,8-9,11-12,15-16,23,25,28,36H,3,5,7,10,13-14,17-20H2,1-2H3,(H,34,37)/b6-4+/t23-,25+,28-,31-,32-/m0/s1. The largest absolute Gasteiger partial charge is 0.490 e. The molecule has 5 atom stereocenters. The van der Waals surface area contributed by atoms with Crippen molar-refractivity contribution in [2.45, 2.75) is 61.7 Å². The molecule has 1 spiro atoms. The monoisotopic (exact) mass is 614 g/mol. The van der Waals surface area contributed by atoms with Crippen LogP contribution in [0.3, 0.4) is 0 Å². The molecule has 226 valence electrons. The van der Waals surface area contributed by atoms with Gasteiger partial charge in [-0.15, -0.1) is 0 Å². The number of hydrogen-bond donors (Lipinski definition) is 2. The van der Waals surface area contributed by atoms with Gasteiger partial charge in [0.15, 0.2) is 0 Å². The van der Waals surface area contributed by atoms with Crippen LogP contribution in [0, 0.1) is 11.8 Å². The van der Waals surface area contributed by atoms with Crippen molar-refractivity contribution in [2.24, 2.45) is 11.8 Å². The Hall–Kier alpha value is -2.59. The van der Waals surface area contributed by atoms with Crippen LogP contribution in [0.15, 0.2) is 48.6 Å². The minimum Gasteiger partial charge on any atom is -0.490 e. The minimum atomic E-state index is -4.15. The van der Waals surface area contributed by atoms with Gasteiger partial charge in [-0.3, -0.25) is 4.79 Å². The quantitative estimate of drug-likeness (QED) is 0.476. The zero-order chi connectivity index (χ0) is 29.7. The van der Waals surface area contributed by atoms with E-state index in [4.69, 9.17) is 21.1 Å². The number of amides is 1. The van der Waals surface area contributed by atoms with E-state index in [1.54, 1.807) is 37.3 Å². The molecule has 2 aliphatic heterocycles. The van der Waals surface area contributed by atoms with Crippen molar-refractivity contribution in [1.29, 1.82) is 0 Å². The second-order valence-corrected chi connectivity index (χ2v) is 15.4. The molecular formula is C32H39ClN2O6S. The van der Waals surface area contributed by atoms with Crippen LogP contribution < -0.4 is 14.4 Å². The number of nitrogens with zero attached hydrogens (tertiary/aromatic N) is 1. The molecule has 10 heteroatoms. The Balaban J connectivity index is 1.43. The fourth-order valence-electron chi connectivity index (χ4n) is 7.26. The van der Waals surface area contributed by atoms with Crippen LogP contribution in [0.4, 0.5) is 5.69 Å². The van der Waals surface area contributed by atoms with E-state index in [1.807, 2.05) is 6.07 Å². The van der Waals surface area contributed by atoms with Gasteiger partial charge in [0.25, 0.3) is 5.91 Å². The van der Waals surface area contributed by atoms with Gasteiger partial charge in [-0.05, 0) is 98.7 Å². The molecule has 0 aromatic heterocycles. The van der Waals surface area contributed by atoms with E-state index < -0.39 is 26.8 Å². The summed E-state index contributed by atoms with van der Waals surface area (Å²) in [4.78, 5) is 15.7. The Bertz CT molecular complexity index is 1510. The van der Waals surface area contributed by atoms with Gasteiger partial charge >= 0.3 is 0 Å². The zero-order valence-corrected chi connectivity index (χ0v) is 25.7. The predicted molar refractivity (Wildman–Crippen MR) is 163 cm³/mol. The number of halogens is 1. The van der Waals surface area contributed by atoms with Crippen molar-refractivity contribution in [3.8, 4) is 5.75 Å². The highest BCUT2D eigenvalue weighted by molar-refractivity contribution is 7.91. The summed E-state index contributed by atoms with van der Waals surface area (Å²) < 4.78 is 39.7. The number of aryl methyl sites for hydroxylation is 1. The zero-order valence-electron chi connectivity index (χ0n) is 24.1. The van der Waals surface area contributed by atoms with E-state index in [1.165, 1.54) is 18.2 Å². The number of carbonyl (C=O) groups is 1. The van der Waals surface area contributed by atoms with E-state index in [-0.39, 0.29) is 35.8 Å². The van der Waals surface area contributed by atoms with Gasteiger partial charge in [0.1, 0.15) is 10.5 Å². The molecule has 1 fully saturated rings. The third-order valence-corrected chi connectivity index (χ3v) is 12.1. The van der Waals surface area contributed by atoms with Gasteiger partial charge in [0.2, 0.25) is 10.0 Å². The number of aliphatic hydroxyl groups excluding tert-OH is 1. The average Bonchev–Trinajstić information content (AvgIpc) is 3.07. The summed E-state index contributed by atoms with van der Waals surface area (Å²) in [5.74, 6) is 0.257. The maximum Gasteiger partial charge on any atom is 0.264 e. The Kier molecular flexibility index (Phi) is 7.83. The van der Waals surface area contributed by atoms with Crippen LogP contribution >= 0.6 is 11.6 Å². The lowest BCUT2D eigenvalue weighted by atomic mass is 9.68. The van der Waals surface area contributed by atoms with Crippen LogP contribution in [0.1, 0.15) is 60.5 Å². The van der Waals surface area contributed by atoms with E-state index in [9.17, 15) is 18.3 Å². The number of nitrogens with one attached hydrogen (secondary N) is 1. The predicted octanol–water partition coefficient (Wildman–Crippen LogP) is 4.62. The van der Waals surface area contributed by atoms with Gasteiger partial charge < -0.3 is 19.5 Å². The summed E-state index contributed by atoms with van der Waals surface area (Å²) in [6.07, 6.45) is 7.63. The molecule has 0 saturated heterocycles. The first kappa shape index (κ1) is 29.5. The summed E-state index contributed by atoms with van der Waals surface area (Å²) in [6.45, 7) is 3.30. The Morgan fingerprint density at radius 3 is 2.81 bits per heavy atom. The molecule has 2 aromatic carbocycles. The van der Waals surface area contributed by atoms with Gasteiger partial charge in [-0.1, -0.05) is 29.8 Å². The molecule has 2 aliphatic carbocycles. The second-order valence-electron chi connectivity index (χ2n) is 12.7. The average molecular weight is 615 g/mol. The fourth-order valence-corrected chi connectivity index (χ4v) is 8.66. The second kappa shape index (κ2) is 11.2. The Morgan fingerprint density at radius 2 is 2.05 bits per heavy atom. The molecule has 42 heavy (non-hydrogen) atoms. The van der Waals surface area contributed by atoms with E-state index in [0.717, 1.165) is 42.8 Å². The molecule has 8 nitrogen and oxygen atoms in total. The normalized spacial score (nSPS) is 33.0. The molecule has 2 N–H and O–H groups in total. The molecular weight excluding hydrogens is 576 g/mol. The lowest BCUT2D eigenvalue weighted by Gasteiger charge is -2.45. The fraction of sp³-hybridized carbons (Fsp3) is 0.531. The molecule has 0 radical (unpaired) electrons. The molecule has 1 saturated carbocycles. The number of rotatable bonds is 2. The van der Waals surface area contributed by atoms with Crippen LogP contribution in [-0.2, 0) is 26.6 Å². The lowest BCUT2D eigenvalue weighted by molar-refractivity contribution is 0.0455. The number of fused-ring (bicyclic) bond motifs is 4. The van der Waals surface area contributed by atoms with E-state index in [0.29, 0.717) is 25.4 Å². The molecule has 2 heterocycles. The van der Waals surface area contributed by atoms with Crippen LogP contribution in [-0.4, -0.2) is 63.7 Å². The van der Waals surface area contributed by atoms with Gasteiger partial charge in [-0.2, -0.15) is 0 Å². The SMILES string of the molecule is COC[C@]1(C)C/C=C/[C@H](O)[C@@H]2CC[C@H]2CN2C[C@@]3(CCCc4cc(Cl)ccc43)COc3ccc(cc32)C(=O)NS1(=O)=O. The number of hydrogen-bond acceptors (Lipinski definition) is 7. The van der Waals surface area contributed by atoms with Crippen molar-refractivity contribution in [1.82, 2.24) is 4.72 Å². The summed E-state index contributed by atoms with van der Waals surface area (Å²) in [6, 6.07) is 11.3. The maximum absolute atomic E-state index is 13.5. The lowest BCUT2D eigenvalue weighted by Crippen LogP contribution is -2.49. The van der Waals surface area contributed by atoms with Crippen LogP contribution in [0.5, 0.6) is 5.75 Å². The number of anilines is 1. The highest BCUT2D eigenvalue weighted by Crippen LogP contribution is 2.46. The van der Waals surface area contributed by atoms with Gasteiger partial charge in [0.05, 0.1) is 25.0 Å². The van der Waals surface area contributed by atoms with Crippen molar-refractivity contribution in [3.63, 3.8) is 0 Å². The minimum absolute atomic E-state index is 0.0561. The molecule has 2 aromatic rings. The first-order valence-electron chi connectivity index (χ1n) is 14.8. The van der Waals surface area contributed by atoms with Crippen LogP contribution in [0.2, 0.25) is 5.02 Å². The molecule has 4 aliphatic rings. The van der Waals surface area contributed by atoms with Gasteiger partial charge in [0, 0.05) is 36.2 Å². The highest BCUT2D eigenvalue weighted by Gasteiger charge is 2.45. The topological polar surface area (TPSA) is 105 Å². The Morgan fingerprint density at radius 1 is 1.21 bits per heavy atom.